The van der Waals surface area contributed by atoms with Gasteiger partial charge in [-0.2, -0.15) is 0 Å². The molecule has 0 aromatic carbocycles. The summed E-state index contributed by atoms with van der Waals surface area (Å²) in [6.45, 7) is 5.63. The smallest absolute Gasteiger partial charge is 0.420 e. The van der Waals surface area contributed by atoms with Gasteiger partial charge in [0.1, 0.15) is 0 Å². The fraction of sp³-hybridized carbons (Fsp3) is 0.545. The van der Waals surface area contributed by atoms with Crippen LogP contribution in [-0.4, -0.2) is 29.3 Å². The Morgan fingerprint density at radius 1 is 1.47 bits per heavy atom. The topological polar surface area (TPSA) is 63.7 Å². The van der Waals surface area contributed by atoms with E-state index in [2.05, 4.69) is 0 Å². The lowest BCUT2D eigenvalue weighted by molar-refractivity contribution is -0.133. The van der Waals surface area contributed by atoms with Gasteiger partial charge in [0, 0.05) is 0 Å². The maximum atomic E-state index is 12.9. The first kappa shape index (κ1) is 13.3. The Labute approximate surface area is 98.2 Å². The standard InChI is InChI=1S/C11H14FNO4/c1-11(2,3)6-17-10(16)13-5-7(12)8(14)4-9(13)15/h5H,4,6H2,1-3H3. The molecule has 0 N–H and O–H groups in total. The van der Waals surface area contributed by atoms with Gasteiger partial charge < -0.3 is 4.74 Å². The highest BCUT2D eigenvalue weighted by Crippen LogP contribution is 2.17. The summed E-state index contributed by atoms with van der Waals surface area (Å²) in [6.07, 6.45) is -1.04. The van der Waals surface area contributed by atoms with Crippen molar-refractivity contribution in [2.45, 2.75) is 27.2 Å². The van der Waals surface area contributed by atoms with E-state index in [1.54, 1.807) is 0 Å². The number of imide groups is 1. The van der Waals surface area contributed by atoms with Crippen LogP contribution in [0.2, 0.25) is 0 Å². The predicted octanol–water partition coefficient (Wildman–Crippen LogP) is 1.78. The number of allylic oxidation sites excluding steroid dienone is 1. The van der Waals surface area contributed by atoms with Crippen LogP contribution in [0.3, 0.4) is 0 Å². The van der Waals surface area contributed by atoms with Crippen LogP contribution in [0.4, 0.5) is 9.18 Å². The Kier molecular flexibility index (Phi) is 3.65. The van der Waals surface area contributed by atoms with Gasteiger partial charge >= 0.3 is 6.09 Å². The van der Waals surface area contributed by atoms with Crippen molar-refractivity contribution in [3.8, 4) is 0 Å². The number of carbonyl (C=O) groups is 3. The minimum atomic E-state index is -1.11. The highest BCUT2D eigenvalue weighted by atomic mass is 19.1. The minimum absolute atomic E-state index is 0.0962. The summed E-state index contributed by atoms with van der Waals surface area (Å²) >= 11 is 0. The normalized spacial score (nSPS) is 16.9. The van der Waals surface area contributed by atoms with Crippen molar-refractivity contribution in [1.82, 2.24) is 4.90 Å². The van der Waals surface area contributed by atoms with E-state index in [1.165, 1.54) is 0 Å². The van der Waals surface area contributed by atoms with Crippen LogP contribution in [0.25, 0.3) is 0 Å². The summed E-state index contributed by atoms with van der Waals surface area (Å²) < 4.78 is 17.8. The lowest BCUT2D eigenvalue weighted by Gasteiger charge is -2.23. The minimum Gasteiger partial charge on any atom is -0.448 e. The number of rotatable bonds is 1. The molecule has 0 aromatic heterocycles. The van der Waals surface area contributed by atoms with Gasteiger partial charge in [-0.25, -0.2) is 14.1 Å². The highest BCUT2D eigenvalue weighted by Gasteiger charge is 2.31. The molecule has 0 saturated heterocycles. The lowest BCUT2D eigenvalue weighted by atomic mass is 9.99. The monoisotopic (exact) mass is 243 g/mol. The van der Waals surface area contributed by atoms with Gasteiger partial charge in [-0.1, -0.05) is 20.8 Å². The molecule has 1 heterocycles. The molecule has 1 aliphatic heterocycles. The molecule has 0 radical (unpaired) electrons. The number of ether oxygens (including phenoxy) is 1. The van der Waals surface area contributed by atoms with E-state index in [1.807, 2.05) is 20.8 Å². The molecular weight excluding hydrogens is 229 g/mol. The predicted molar refractivity (Wildman–Crippen MR) is 56.5 cm³/mol. The van der Waals surface area contributed by atoms with Crippen molar-refractivity contribution in [1.29, 1.82) is 0 Å². The van der Waals surface area contributed by atoms with Gasteiger partial charge in [0.15, 0.2) is 5.83 Å². The summed E-state index contributed by atoms with van der Waals surface area (Å²) in [5.41, 5.74) is -0.257. The van der Waals surface area contributed by atoms with Crippen molar-refractivity contribution in [2.24, 2.45) is 5.41 Å². The van der Waals surface area contributed by atoms with Crippen LogP contribution in [0.15, 0.2) is 12.0 Å². The number of ketones is 1. The molecule has 0 unspecified atom stereocenters. The van der Waals surface area contributed by atoms with Crippen molar-refractivity contribution in [3.63, 3.8) is 0 Å². The first-order chi connectivity index (χ1) is 7.70. The van der Waals surface area contributed by atoms with Crippen molar-refractivity contribution < 1.29 is 23.5 Å². The average molecular weight is 243 g/mol. The Morgan fingerprint density at radius 3 is 2.59 bits per heavy atom. The van der Waals surface area contributed by atoms with E-state index in [0.29, 0.717) is 11.1 Å². The third-order valence-electron chi connectivity index (χ3n) is 1.91. The Morgan fingerprint density at radius 2 is 2.06 bits per heavy atom. The molecule has 0 atom stereocenters. The fourth-order valence-electron chi connectivity index (χ4n) is 1.07. The van der Waals surface area contributed by atoms with Crippen LogP contribution in [0.5, 0.6) is 0 Å². The molecule has 0 aliphatic carbocycles. The molecule has 1 rings (SSSR count). The summed E-state index contributed by atoms with van der Waals surface area (Å²) in [6, 6.07) is 0. The fourth-order valence-corrected chi connectivity index (χ4v) is 1.07. The lowest BCUT2D eigenvalue weighted by Crippen LogP contribution is -2.38. The number of hydrogen-bond donors (Lipinski definition) is 0. The molecule has 0 fully saturated rings. The molecule has 1 aliphatic rings. The quantitative estimate of drug-likeness (QED) is 0.658. The number of hydrogen-bond acceptors (Lipinski definition) is 4. The number of nitrogens with zero attached hydrogens (tertiary/aromatic N) is 1. The largest absolute Gasteiger partial charge is 0.448 e. The Hall–Kier alpha value is -1.72. The zero-order valence-corrected chi connectivity index (χ0v) is 9.95. The number of amides is 2. The third kappa shape index (κ3) is 3.65. The molecule has 17 heavy (non-hydrogen) atoms. The number of Topliss-reactive ketones (excluding diaryl/α,β-unsaturated/α-hetero) is 1. The van der Waals surface area contributed by atoms with Crippen molar-refractivity contribution in [2.75, 3.05) is 6.61 Å². The Bertz CT molecular complexity index is 395. The SMILES string of the molecule is CC(C)(C)COC(=O)N1C=C(F)C(=O)CC1=O. The van der Waals surface area contributed by atoms with Gasteiger partial charge in [0.05, 0.1) is 19.2 Å². The summed E-state index contributed by atoms with van der Waals surface area (Å²) in [5, 5.41) is 0. The zero-order valence-electron chi connectivity index (χ0n) is 9.95. The molecule has 0 bridgehead atoms. The van der Waals surface area contributed by atoms with E-state index in [-0.39, 0.29) is 12.0 Å². The maximum absolute atomic E-state index is 12.9. The molecule has 0 spiro atoms. The van der Waals surface area contributed by atoms with Gasteiger partial charge in [0.2, 0.25) is 11.7 Å². The first-order valence-corrected chi connectivity index (χ1v) is 5.10. The van der Waals surface area contributed by atoms with Crippen molar-refractivity contribution in [3.05, 3.63) is 12.0 Å². The molecular formula is C11H14FNO4. The number of halogens is 1. The second kappa shape index (κ2) is 4.65. The molecule has 6 heteroatoms. The summed E-state index contributed by atoms with van der Waals surface area (Å²) in [4.78, 5) is 34.1. The second-order valence-corrected chi connectivity index (χ2v) is 4.96. The molecule has 0 saturated carbocycles. The van der Waals surface area contributed by atoms with E-state index in [4.69, 9.17) is 4.74 Å². The van der Waals surface area contributed by atoms with Gasteiger partial charge in [-0.3, -0.25) is 9.59 Å². The average Bonchev–Trinajstić information content (AvgIpc) is 2.19. The van der Waals surface area contributed by atoms with Crippen LogP contribution < -0.4 is 0 Å². The molecule has 0 aromatic rings. The van der Waals surface area contributed by atoms with Gasteiger partial charge in [-0.05, 0) is 5.41 Å². The van der Waals surface area contributed by atoms with Crippen molar-refractivity contribution >= 4 is 17.8 Å². The molecule has 94 valence electrons. The summed E-state index contributed by atoms with van der Waals surface area (Å²) in [5.74, 6) is -2.82. The third-order valence-corrected chi connectivity index (χ3v) is 1.91. The second-order valence-electron chi connectivity index (χ2n) is 4.96. The van der Waals surface area contributed by atoms with E-state index in [9.17, 15) is 18.8 Å². The van der Waals surface area contributed by atoms with E-state index >= 15 is 0 Å². The highest BCUT2D eigenvalue weighted by molar-refractivity contribution is 6.12. The van der Waals surface area contributed by atoms with Crippen LogP contribution in [-0.2, 0) is 14.3 Å². The van der Waals surface area contributed by atoms with Crippen LogP contribution in [0, 0.1) is 5.41 Å². The summed E-state index contributed by atoms with van der Waals surface area (Å²) in [7, 11) is 0. The van der Waals surface area contributed by atoms with E-state index < -0.39 is 30.0 Å². The zero-order chi connectivity index (χ0) is 13.2. The number of carbonyl (C=O) groups excluding carboxylic acids is 3. The van der Waals surface area contributed by atoms with Gasteiger partial charge in [-0.15, -0.1) is 0 Å². The first-order valence-electron chi connectivity index (χ1n) is 5.10. The van der Waals surface area contributed by atoms with Crippen LogP contribution in [0.1, 0.15) is 27.2 Å². The molecule has 5 nitrogen and oxygen atoms in total. The van der Waals surface area contributed by atoms with E-state index in [0.717, 1.165) is 0 Å². The Balaban J connectivity index is 2.70. The maximum Gasteiger partial charge on any atom is 0.420 e. The molecule has 2 amide bonds. The van der Waals surface area contributed by atoms with Gasteiger partial charge in [0.25, 0.3) is 0 Å². The van der Waals surface area contributed by atoms with Crippen LogP contribution >= 0.6 is 0 Å².